The summed E-state index contributed by atoms with van der Waals surface area (Å²) < 4.78 is 7.34. The van der Waals surface area contributed by atoms with Gasteiger partial charge in [0.2, 0.25) is 5.91 Å². The Labute approximate surface area is 136 Å². The monoisotopic (exact) mass is 313 g/mol. The van der Waals surface area contributed by atoms with E-state index in [4.69, 9.17) is 4.74 Å². The molecule has 5 nitrogen and oxygen atoms in total. The first-order valence-electron chi connectivity index (χ1n) is 8.09. The molecule has 1 aliphatic rings. The van der Waals surface area contributed by atoms with Crippen molar-refractivity contribution in [2.75, 3.05) is 13.2 Å². The predicted octanol–water partition coefficient (Wildman–Crippen LogP) is 2.25. The molecule has 5 heteroatoms. The second-order valence-corrected chi connectivity index (χ2v) is 5.95. The van der Waals surface area contributed by atoms with Gasteiger partial charge in [0.1, 0.15) is 5.75 Å². The van der Waals surface area contributed by atoms with Gasteiger partial charge in [0, 0.05) is 13.6 Å². The summed E-state index contributed by atoms with van der Waals surface area (Å²) in [4.78, 5) is 14.5. The third kappa shape index (κ3) is 3.23. The van der Waals surface area contributed by atoms with Crippen LogP contribution >= 0.6 is 0 Å². The van der Waals surface area contributed by atoms with Crippen molar-refractivity contribution in [1.82, 2.24) is 14.7 Å². The molecule has 0 fully saturated rings. The van der Waals surface area contributed by atoms with Crippen LogP contribution in [0.15, 0.2) is 24.3 Å². The first-order chi connectivity index (χ1) is 11.1. The summed E-state index contributed by atoms with van der Waals surface area (Å²) in [6.45, 7) is 6.08. The van der Waals surface area contributed by atoms with Crippen LogP contribution in [0.1, 0.15) is 29.4 Å². The molecule has 2 heterocycles. The Morgan fingerprint density at radius 3 is 2.74 bits per heavy atom. The van der Waals surface area contributed by atoms with Crippen LogP contribution in [0.4, 0.5) is 0 Å². The van der Waals surface area contributed by atoms with Crippen LogP contribution in [0, 0.1) is 6.92 Å². The summed E-state index contributed by atoms with van der Waals surface area (Å²) in [7, 11) is 1.95. The number of carbonyl (C=O) groups is 1. The van der Waals surface area contributed by atoms with Gasteiger partial charge < -0.3 is 9.64 Å². The standard InChI is InChI=1S/C18H23N3O2/c1-4-23-15-7-5-14(6-8-15)11-18(22)21-10-9-16-13(2)19-20(3)17(16)12-21/h5-8H,4,9-12H2,1-3H3. The molecule has 0 saturated carbocycles. The maximum Gasteiger partial charge on any atom is 0.227 e. The van der Waals surface area contributed by atoms with Crippen LogP contribution in [-0.4, -0.2) is 33.7 Å². The van der Waals surface area contributed by atoms with E-state index in [0.29, 0.717) is 19.6 Å². The molecule has 1 amide bonds. The number of rotatable bonds is 4. The van der Waals surface area contributed by atoms with Gasteiger partial charge in [-0.05, 0) is 43.5 Å². The Hall–Kier alpha value is -2.30. The van der Waals surface area contributed by atoms with E-state index in [2.05, 4.69) is 5.10 Å². The largest absolute Gasteiger partial charge is 0.494 e. The highest BCUT2D eigenvalue weighted by Gasteiger charge is 2.25. The summed E-state index contributed by atoms with van der Waals surface area (Å²) >= 11 is 0. The summed E-state index contributed by atoms with van der Waals surface area (Å²) in [5, 5.41) is 4.46. The van der Waals surface area contributed by atoms with Gasteiger partial charge in [-0.2, -0.15) is 5.10 Å². The fourth-order valence-corrected chi connectivity index (χ4v) is 3.15. The van der Waals surface area contributed by atoms with E-state index < -0.39 is 0 Å². The first kappa shape index (κ1) is 15.6. The molecule has 2 aromatic rings. The van der Waals surface area contributed by atoms with Gasteiger partial charge in [-0.3, -0.25) is 9.48 Å². The van der Waals surface area contributed by atoms with Crippen molar-refractivity contribution in [3.05, 3.63) is 46.8 Å². The van der Waals surface area contributed by atoms with E-state index in [1.165, 1.54) is 5.56 Å². The number of nitrogens with zero attached hydrogens (tertiary/aromatic N) is 3. The zero-order valence-electron chi connectivity index (χ0n) is 14.0. The number of amides is 1. The van der Waals surface area contributed by atoms with Crippen molar-refractivity contribution >= 4 is 5.91 Å². The minimum absolute atomic E-state index is 0.165. The van der Waals surface area contributed by atoms with E-state index >= 15 is 0 Å². The highest BCUT2D eigenvalue weighted by atomic mass is 16.5. The van der Waals surface area contributed by atoms with Crippen molar-refractivity contribution in [2.45, 2.75) is 33.2 Å². The molecular formula is C18H23N3O2. The quantitative estimate of drug-likeness (QED) is 0.870. The van der Waals surface area contributed by atoms with Crippen molar-refractivity contribution in [3.8, 4) is 5.75 Å². The molecule has 0 atom stereocenters. The summed E-state index contributed by atoms with van der Waals surface area (Å²) in [5.41, 5.74) is 4.57. The molecule has 1 aliphatic heterocycles. The van der Waals surface area contributed by atoms with Gasteiger partial charge in [0.15, 0.2) is 0 Å². The molecule has 3 rings (SSSR count). The van der Waals surface area contributed by atoms with E-state index in [0.717, 1.165) is 35.7 Å². The average molecular weight is 313 g/mol. The maximum absolute atomic E-state index is 12.6. The van der Waals surface area contributed by atoms with Crippen LogP contribution in [0.5, 0.6) is 5.75 Å². The molecule has 0 radical (unpaired) electrons. The van der Waals surface area contributed by atoms with Gasteiger partial charge in [-0.1, -0.05) is 12.1 Å². The third-order valence-electron chi connectivity index (χ3n) is 4.39. The van der Waals surface area contributed by atoms with Gasteiger partial charge in [-0.25, -0.2) is 0 Å². The number of ether oxygens (including phenoxy) is 1. The fourth-order valence-electron chi connectivity index (χ4n) is 3.15. The van der Waals surface area contributed by atoms with Gasteiger partial charge in [0.05, 0.1) is 31.0 Å². The second kappa shape index (κ2) is 6.44. The summed E-state index contributed by atoms with van der Waals surface area (Å²) in [6.07, 6.45) is 1.32. The smallest absolute Gasteiger partial charge is 0.227 e. The summed E-state index contributed by atoms with van der Waals surface area (Å²) in [5.74, 6) is 1.01. The topological polar surface area (TPSA) is 47.4 Å². The molecular weight excluding hydrogens is 290 g/mol. The highest BCUT2D eigenvalue weighted by molar-refractivity contribution is 5.79. The van der Waals surface area contributed by atoms with Crippen LogP contribution in [0.3, 0.4) is 0 Å². The van der Waals surface area contributed by atoms with Crippen LogP contribution in [0.2, 0.25) is 0 Å². The molecule has 1 aromatic heterocycles. The predicted molar refractivity (Wildman–Crippen MR) is 88.4 cm³/mol. The number of carbonyl (C=O) groups excluding carboxylic acids is 1. The van der Waals surface area contributed by atoms with Gasteiger partial charge >= 0.3 is 0 Å². The van der Waals surface area contributed by atoms with Crippen LogP contribution in [-0.2, 0) is 31.2 Å². The molecule has 122 valence electrons. The van der Waals surface area contributed by atoms with E-state index in [9.17, 15) is 4.79 Å². The van der Waals surface area contributed by atoms with E-state index in [-0.39, 0.29) is 5.91 Å². The Morgan fingerprint density at radius 2 is 2.04 bits per heavy atom. The van der Waals surface area contributed by atoms with Crippen molar-refractivity contribution in [2.24, 2.45) is 7.05 Å². The highest BCUT2D eigenvalue weighted by Crippen LogP contribution is 2.22. The maximum atomic E-state index is 12.6. The SMILES string of the molecule is CCOc1ccc(CC(=O)N2CCc3c(C)nn(C)c3C2)cc1. The molecule has 23 heavy (non-hydrogen) atoms. The molecule has 0 aliphatic carbocycles. The Balaban J connectivity index is 1.66. The van der Waals surface area contributed by atoms with Gasteiger partial charge in [-0.15, -0.1) is 0 Å². The van der Waals surface area contributed by atoms with E-state index in [1.54, 1.807) is 0 Å². The van der Waals surface area contributed by atoms with Crippen molar-refractivity contribution in [3.63, 3.8) is 0 Å². The number of benzene rings is 1. The fraction of sp³-hybridized carbons (Fsp3) is 0.444. The van der Waals surface area contributed by atoms with Crippen LogP contribution in [0.25, 0.3) is 0 Å². The number of aryl methyl sites for hydroxylation is 2. The molecule has 0 N–H and O–H groups in total. The minimum Gasteiger partial charge on any atom is -0.494 e. The zero-order valence-corrected chi connectivity index (χ0v) is 14.0. The lowest BCUT2D eigenvalue weighted by molar-refractivity contribution is -0.131. The number of hydrogen-bond acceptors (Lipinski definition) is 3. The molecule has 0 bridgehead atoms. The first-order valence-corrected chi connectivity index (χ1v) is 8.09. The Morgan fingerprint density at radius 1 is 1.30 bits per heavy atom. The zero-order chi connectivity index (χ0) is 16.4. The molecule has 1 aromatic carbocycles. The minimum atomic E-state index is 0.165. The van der Waals surface area contributed by atoms with Crippen molar-refractivity contribution in [1.29, 1.82) is 0 Å². The third-order valence-corrected chi connectivity index (χ3v) is 4.39. The summed E-state index contributed by atoms with van der Waals surface area (Å²) in [6, 6.07) is 7.77. The number of aromatic nitrogens is 2. The van der Waals surface area contributed by atoms with Crippen LogP contribution < -0.4 is 4.74 Å². The van der Waals surface area contributed by atoms with Gasteiger partial charge in [0.25, 0.3) is 0 Å². The lowest BCUT2D eigenvalue weighted by Crippen LogP contribution is -2.37. The average Bonchev–Trinajstić information content (AvgIpc) is 2.84. The normalized spacial score (nSPS) is 13.8. The van der Waals surface area contributed by atoms with Crippen molar-refractivity contribution < 1.29 is 9.53 Å². The second-order valence-electron chi connectivity index (χ2n) is 5.95. The number of fused-ring (bicyclic) bond motifs is 1. The molecule has 0 saturated heterocycles. The lowest BCUT2D eigenvalue weighted by atomic mass is 10.0. The Bertz CT molecular complexity index is 704. The number of hydrogen-bond donors (Lipinski definition) is 0. The Kier molecular flexibility index (Phi) is 4.37. The lowest BCUT2D eigenvalue weighted by Gasteiger charge is -2.27. The molecule has 0 spiro atoms. The molecule has 0 unspecified atom stereocenters. The van der Waals surface area contributed by atoms with E-state index in [1.807, 2.05) is 54.7 Å².